The third kappa shape index (κ3) is 4.41. The second-order valence-electron chi connectivity index (χ2n) is 6.71. The molecule has 1 atom stereocenters. The van der Waals surface area contributed by atoms with E-state index in [1.165, 1.54) is 37.0 Å². The zero-order chi connectivity index (χ0) is 16.4. The molecule has 2 aliphatic heterocycles. The lowest BCUT2D eigenvalue weighted by molar-refractivity contribution is 0.170. The molecule has 2 fully saturated rings. The molecule has 4 rings (SSSR count). The Kier molecular flexibility index (Phi) is 6.47. The van der Waals surface area contributed by atoms with Crippen molar-refractivity contribution in [3.8, 4) is 10.4 Å². The van der Waals surface area contributed by atoms with Crippen molar-refractivity contribution in [3.05, 3.63) is 47.1 Å². The lowest BCUT2D eigenvalue weighted by Crippen LogP contribution is -2.49. The van der Waals surface area contributed by atoms with Crippen LogP contribution in [0.5, 0.6) is 0 Å². The molecule has 1 unspecified atom stereocenters. The molecular weight excluding hydrogens is 357 g/mol. The van der Waals surface area contributed by atoms with Crippen molar-refractivity contribution in [1.29, 1.82) is 0 Å². The number of piperazine rings is 1. The van der Waals surface area contributed by atoms with Gasteiger partial charge in [0.05, 0.1) is 0 Å². The molecule has 0 amide bonds. The van der Waals surface area contributed by atoms with Gasteiger partial charge in [0, 0.05) is 67.2 Å². The van der Waals surface area contributed by atoms with E-state index in [1.807, 2.05) is 12.1 Å². The van der Waals surface area contributed by atoms with E-state index in [-0.39, 0.29) is 18.2 Å². The standard InChI is InChI=1S/C19H24FN3S.ClH/c20-18-4-2-1-3-17(18)19-6-5-16(24-19)14-22-10-7-15(13-22)23-11-8-21-9-12-23;/h1-6,15,21H,7-14H2;1H. The molecule has 2 aromatic rings. The molecule has 0 bridgehead atoms. The Morgan fingerprint density at radius 3 is 2.68 bits per heavy atom. The highest BCUT2D eigenvalue weighted by Gasteiger charge is 2.28. The van der Waals surface area contributed by atoms with Crippen LogP contribution in [-0.2, 0) is 6.54 Å². The zero-order valence-corrected chi connectivity index (χ0v) is 15.9. The topological polar surface area (TPSA) is 18.5 Å². The first kappa shape index (κ1) is 18.8. The minimum absolute atomic E-state index is 0. The molecule has 1 aromatic heterocycles. The van der Waals surface area contributed by atoms with Gasteiger partial charge in [-0.15, -0.1) is 23.7 Å². The van der Waals surface area contributed by atoms with E-state index >= 15 is 0 Å². The van der Waals surface area contributed by atoms with E-state index in [2.05, 4.69) is 27.2 Å². The summed E-state index contributed by atoms with van der Waals surface area (Å²) in [6.45, 7) is 7.90. The Bertz CT molecular complexity index is 687. The van der Waals surface area contributed by atoms with Gasteiger partial charge in [-0.2, -0.15) is 0 Å². The second kappa shape index (κ2) is 8.60. The van der Waals surface area contributed by atoms with Gasteiger partial charge in [-0.25, -0.2) is 4.39 Å². The summed E-state index contributed by atoms with van der Waals surface area (Å²) in [4.78, 5) is 7.54. The monoisotopic (exact) mass is 381 g/mol. The minimum atomic E-state index is -0.133. The first-order valence-electron chi connectivity index (χ1n) is 8.80. The molecule has 1 aromatic carbocycles. The maximum Gasteiger partial charge on any atom is 0.131 e. The van der Waals surface area contributed by atoms with Crippen molar-refractivity contribution in [2.75, 3.05) is 39.3 Å². The van der Waals surface area contributed by atoms with Crippen molar-refractivity contribution in [2.24, 2.45) is 0 Å². The number of thiophene rings is 1. The van der Waals surface area contributed by atoms with Crippen LogP contribution in [0.1, 0.15) is 11.3 Å². The molecule has 0 saturated carbocycles. The highest BCUT2D eigenvalue weighted by atomic mass is 35.5. The van der Waals surface area contributed by atoms with Crippen LogP contribution < -0.4 is 5.32 Å². The van der Waals surface area contributed by atoms with Crippen LogP contribution in [0.3, 0.4) is 0 Å². The van der Waals surface area contributed by atoms with Crippen LogP contribution in [-0.4, -0.2) is 55.1 Å². The van der Waals surface area contributed by atoms with Crippen molar-refractivity contribution in [2.45, 2.75) is 19.0 Å². The predicted octanol–water partition coefficient (Wildman–Crippen LogP) is 3.46. The summed E-state index contributed by atoms with van der Waals surface area (Å²) in [7, 11) is 0. The van der Waals surface area contributed by atoms with Gasteiger partial charge in [0.25, 0.3) is 0 Å². The summed E-state index contributed by atoms with van der Waals surface area (Å²) in [6, 6.07) is 12.0. The smallest absolute Gasteiger partial charge is 0.131 e. The van der Waals surface area contributed by atoms with Gasteiger partial charge in [0.2, 0.25) is 0 Å². The number of rotatable bonds is 4. The van der Waals surface area contributed by atoms with Gasteiger partial charge < -0.3 is 5.32 Å². The fourth-order valence-electron chi connectivity index (χ4n) is 3.79. The molecule has 1 N–H and O–H groups in total. The molecule has 2 aliphatic rings. The van der Waals surface area contributed by atoms with E-state index in [0.717, 1.165) is 31.1 Å². The van der Waals surface area contributed by atoms with Gasteiger partial charge in [-0.1, -0.05) is 18.2 Å². The zero-order valence-electron chi connectivity index (χ0n) is 14.3. The Morgan fingerprint density at radius 1 is 1.08 bits per heavy atom. The summed E-state index contributed by atoms with van der Waals surface area (Å²) in [5.74, 6) is -0.133. The summed E-state index contributed by atoms with van der Waals surface area (Å²) in [6.07, 6.45) is 1.27. The average molecular weight is 382 g/mol. The SMILES string of the molecule is Cl.Fc1ccccc1-c1ccc(CN2CCC(N3CCNCC3)C2)s1. The van der Waals surface area contributed by atoms with Crippen LogP contribution in [0.2, 0.25) is 0 Å². The largest absolute Gasteiger partial charge is 0.314 e. The Morgan fingerprint density at radius 2 is 1.88 bits per heavy atom. The van der Waals surface area contributed by atoms with Gasteiger partial charge in [-0.05, 0) is 24.6 Å². The molecule has 25 heavy (non-hydrogen) atoms. The highest BCUT2D eigenvalue weighted by Crippen LogP contribution is 2.31. The Hall–Kier alpha value is -0.980. The maximum atomic E-state index is 13.9. The first-order valence-corrected chi connectivity index (χ1v) is 9.62. The summed E-state index contributed by atoms with van der Waals surface area (Å²) >= 11 is 1.72. The lowest BCUT2D eigenvalue weighted by Gasteiger charge is -2.32. The number of hydrogen-bond donors (Lipinski definition) is 1. The summed E-state index contributed by atoms with van der Waals surface area (Å²) in [5.41, 5.74) is 0.717. The molecule has 136 valence electrons. The van der Waals surface area contributed by atoms with E-state index in [4.69, 9.17) is 0 Å². The average Bonchev–Trinajstić information content (AvgIpc) is 3.26. The number of nitrogens with one attached hydrogen (secondary N) is 1. The summed E-state index contributed by atoms with van der Waals surface area (Å²) < 4.78 is 13.9. The number of benzene rings is 1. The van der Waals surface area contributed by atoms with Gasteiger partial charge >= 0.3 is 0 Å². The van der Waals surface area contributed by atoms with E-state index in [0.29, 0.717) is 11.6 Å². The minimum Gasteiger partial charge on any atom is -0.314 e. The predicted molar refractivity (Wildman–Crippen MR) is 105 cm³/mol. The number of nitrogens with zero attached hydrogens (tertiary/aromatic N) is 2. The molecular formula is C19H25ClFN3S. The fourth-order valence-corrected chi connectivity index (χ4v) is 4.87. The van der Waals surface area contributed by atoms with Crippen LogP contribution in [0.15, 0.2) is 36.4 Å². The quantitative estimate of drug-likeness (QED) is 0.875. The normalized spacial score (nSPS) is 22.0. The molecule has 0 spiro atoms. The lowest BCUT2D eigenvalue weighted by atomic mass is 10.2. The molecule has 0 aliphatic carbocycles. The van der Waals surface area contributed by atoms with Crippen molar-refractivity contribution in [3.63, 3.8) is 0 Å². The van der Waals surface area contributed by atoms with Crippen LogP contribution >= 0.6 is 23.7 Å². The third-order valence-electron chi connectivity index (χ3n) is 5.10. The molecule has 3 heterocycles. The van der Waals surface area contributed by atoms with Crippen LogP contribution in [0, 0.1) is 5.82 Å². The van der Waals surface area contributed by atoms with Crippen molar-refractivity contribution in [1.82, 2.24) is 15.1 Å². The number of likely N-dealkylation sites (tertiary alicyclic amines) is 1. The van der Waals surface area contributed by atoms with Crippen molar-refractivity contribution < 1.29 is 4.39 Å². The van der Waals surface area contributed by atoms with Gasteiger partial charge in [0.1, 0.15) is 5.82 Å². The van der Waals surface area contributed by atoms with Crippen molar-refractivity contribution >= 4 is 23.7 Å². The molecule has 2 saturated heterocycles. The highest BCUT2D eigenvalue weighted by molar-refractivity contribution is 7.15. The van der Waals surface area contributed by atoms with Crippen LogP contribution in [0.4, 0.5) is 4.39 Å². The van der Waals surface area contributed by atoms with E-state index in [1.54, 1.807) is 17.4 Å². The van der Waals surface area contributed by atoms with E-state index < -0.39 is 0 Å². The number of halogens is 2. The van der Waals surface area contributed by atoms with Gasteiger partial charge in [0.15, 0.2) is 0 Å². The van der Waals surface area contributed by atoms with Crippen LogP contribution in [0.25, 0.3) is 10.4 Å². The third-order valence-corrected chi connectivity index (χ3v) is 6.20. The maximum absolute atomic E-state index is 13.9. The first-order chi connectivity index (χ1) is 11.8. The Balaban J connectivity index is 0.00000182. The number of hydrogen-bond acceptors (Lipinski definition) is 4. The fraction of sp³-hybridized carbons (Fsp3) is 0.474. The molecule has 6 heteroatoms. The molecule has 3 nitrogen and oxygen atoms in total. The Labute approximate surface area is 159 Å². The molecule has 0 radical (unpaired) electrons. The van der Waals surface area contributed by atoms with Gasteiger partial charge in [-0.3, -0.25) is 9.80 Å². The summed E-state index contributed by atoms with van der Waals surface area (Å²) in [5, 5.41) is 3.43. The second-order valence-corrected chi connectivity index (χ2v) is 7.88. The van der Waals surface area contributed by atoms with E-state index in [9.17, 15) is 4.39 Å².